The van der Waals surface area contributed by atoms with Gasteiger partial charge in [-0.3, -0.25) is 0 Å². The molecule has 5 nitrogen and oxygen atoms in total. The van der Waals surface area contributed by atoms with E-state index in [0.717, 1.165) is 24.2 Å². The highest BCUT2D eigenvalue weighted by Gasteiger charge is 2.23. The summed E-state index contributed by atoms with van der Waals surface area (Å²) in [5.74, 6) is 0.558. The topological polar surface area (TPSA) is 68.2 Å². The normalized spacial score (nSPS) is 17.4. The Balaban J connectivity index is 0.00000182. The highest BCUT2D eigenvalue weighted by atomic mass is 127. The SMILES string of the molecule is I.NC(=NCc1nn(-c2ccccc2)c2c1CCC2)NC1CCCC1. The highest BCUT2D eigenvalue weighted by Crippen LogP contribution is 2.28. The Bertz CT molecular complexity index is 732. The molecule has 4 rings (SSSR count). The number of halogens is 1. The summed E-state index contributed by atoms with van der Waals surface area (Å²) in [7, 11) is 0. The van der Waals surface area contributed by atoms with Crippen LogP contribution in [0, 0.1) is 0 Å². The Morgan fingerprint density at radius 2 is 1.92 bits per heavy atom. The Labute approximate surface area is 166 Å². The van der Waals surface area contributed by atoms with Gasteiger partial charge >= 0.3 is 0 Å². The Morgan fingerprint density at radius 3 is 2.68 bits per heavy atom. The van der Waals surface area contributed by atoms with Crippen molar-refractivity contribution in [2.75, 3.05) is 0 Å². The maximum Gasteiger partial charge on any atom is 0.189 e. The number of rotatable bonds is 4. The van der Waals surface area contributed by atoms with E-state index in [0.29, 0.717) is 18.5 Å². The molecule has 2 aliphatic rings. The van der Waals surface area contributed by atoms with E-state index in [4.69, 9.17) is 10.8 Å². The minimum absolute atomic E-state index is 0. The summed E-state index contributed by atoms with van der Waals surface area (Å²) < 4.78 is 2.09. The molecule has 134 valence electrons. The standard InChI is InChI=1S/C19H25N5.HI/c20-19(22-14-7-4-5-8-14)21-13-17-16-11-6-12-18(16)24(23-17)15-9-2-1-3-10-15;/h1-3,9-10,14H,4-8,11-13H2,(H3,20,21,22);1H. The van der Waals surface area contributed by atoms with Crippen LogP contribution in [0.3, 0.4) is 0 Å². The van der Waals surface area contributed by atoms with E-state index in [1.54, 1.807) is 0 Å². The first-order chi connectivity index (χ1) is 11.8. The molecular formula is C19H26IN5. The largest absolute Gasteiger partial charge is 0.370 e. The van der Waals surface area contributed by atoms with E-state index in [2.05, 4.69) is 39.3 Å². The van der Waals surface area contributed by atoms with Crippen LogP contribution in [0.25, 0.3) is 5.69 Å². The van der Waals surface area contributed by atoms with Crippen molar-refractivity contribution in [3.05, 3.63) is 47.3 Å². The Hall–Kier alpha value is -1.57. The van der Waals surface area contributed by atoms with Crippen molar-refractivity contribution in [2.24, 2.45) is 10.7 Å². The molecule has 1 saturated carbocycles. The highest BCUT2D eigenvalue weighted by molar-refractivity contribution is 14.0. The predicted octanol–water partition coefficient (Wildman–Crippen LogP) is 3.33. The molecule has 0 atom stereocenters. The van der Waals surface area contributed by atoms with E-state index in [1.165, 1.54) is 43.4 Å². The second-order valence-corrected chi connectivity index (χ2v) is 6.80. The van der Waals surface area contributed by atoms with E-state index in [-0.39, 0.29) is 24.0 Å². The van der Waals surface area contributed by atoms with Gasteiger partial charge in [-0.2, -0.15) is 5.10 Å². The number of fused-ring (bicyclic) bond motifs is 1. The average molecular weight is 451 g/mol. The van der Waals surface area contributed by atoms with Gasteiger partial charge in [0.1, 0.15) is 0 Å². The number of benzene rings is 1. The fourth-order valence-electron chi connectivity index (χ4n) is 3.91. The number of nitrogens with two attached hydrogens (primary N) is 1. The molecule has 2 aliphatic carbocycles. The monoisotopic (exact) mass is 451 g/mol. The zero-order valence-corrected chi connectivity index (χ0v) is 16.8. The van der Waals surface area contributed by atoms with Gasteiger partial charge in [0.2, 0.25) is 0 Å². The quantitative estimate of drug-likeness (QED) is 0.426. The van der Waals surface area contributed by atoms with E-state index in [9.17, 15) is 0 Å². The average Bonchev–Trinajstić information content (AvgIpc) is 3.32. The Morgan fingerprint density at radius 1 is 1.16 bits per heavy atom. The molecule has 1 heterocycles. The summed E-state index contributed by atoms with van der Waals surface area (Å²) in [4.78, 5) is 4.55. The zero-order chi connectivity index (χ0) is 16.4. The van der Waals surface area contributed by atoms with Gasteiger partial charge in [-0.05, 0) is 49.8 Å². The summed E-state index contributed by atoms with van der Waals surface area (Å²) in [5.41, 5.74) is 11.0. The second-order valence-electron chi connectivity index (χ2n) is 6.80. The van der Waals surface area contributed by atoms with Crippen LogP contribution in [0.15, 0.2) is 35.3 Å². The summed E-state index contributed by atoms with van der Waals surface area (Å²) >= 11 is 0. The summed E-state index contributed by atoms with van der Waals surface area (Å²) in [6, 6.07) is 10.9. The number of para-hydroxylation sites is 1. The second kappa shape index (κ2) is 8.21. The van der Waals surface area contributed by atoms with Crippen LogP contribution >= 0.6 is 24.0 Å². The van der Waals surface area contributed by atoms with Crippen LogP contribution in [0.5, 0.6) is 0 Å². The molecule has 0 unspecified atom stereocenters. The summed E-state index contributed by atoms with van der Waals surface area (Å²) in [6.07, 6.45) is 8.38. The van der Waals surface area contributed by atoms with Crippen molar-refractivity contribution < 1.29 is 0 Å². The molecule has 2 aromatic rings. The number of aliphatic imine (C=N–C) groups is 1. The molecule has 0 bridgehead atoms. The third-order valence-corrected chi connectivity index (χ3v) is 5.12. The third kappa shape index (κ3) is 3.99. The Kier molecular flexibility index (Phi) is 5.98. The van der Waals surface area contributed by atoms with Gasteiger partial charge in [0, 0.05) is 11.7 Å². The van der Waals surface area contributed by atoms with Gasteiger partial charge in [0.05, 0.1) is 17.9 Å². The van der Waals surface area contributed by atoms with Crippen molar-refractivity contribution in [1.82, 2.24) is 15.1 Å². The fourth-order valence-corrected chi connectivity index (χ4v) is 3.91. The van der Waals surface area contributed by atoms with Gasteiger partial charge in [-0.25, -0.2) is 9.67 Å². The van der Waals surface area contributed by atoms with Gasteiger partial charge in [0.15, 0.2) is 5.96 Å². The van der Waals surface area contributed by atoms with Crippen LogP contribution in [0.4, 0.5) is 0 Å². The fraction of sp³-hybridized carbons (Fsp3) is 0.474. The van der Waals surface area contributed by atoms with Crippen molar-refractivity contribution in [3.63, 3.8) is 0 Å². The molecule has 6 heteroatoms. The van der Waals surface area contributed by atoms with Crippen molar-refractivity contribution in [1.29, 1.82) is 0 Å². The first kappa shape index (κ1) is 18.2. The van der Waals surface area contributed by atoms with Crippen molar-refractivity contribution in [3.8, 4) is 5.69 Å². The molecule has 25 heavy (non-hydrogen) atoms. The van der Waals surface area contributed by atoms with E-state index >= 15 is 0 Å². The number of hydrogen-bond donors (Lipinski definition) is 2. The van der Waals surface area contributed by atoms with Crippen LogP contribution in [-0.4, -0.2) is 21.8 Å². The van der Waals surface area contributed by atoms with Crippen molar-refractivity contribution in [2.45, 2.75) is 57.5 Å². The summed E-state index contributed by atoms with van der Waals surface area (Å²) in [6.45, 7) is 0.563. The molecule has 1 aromatic carbocycles. The number of hydrogen-bond acceptors (Lipinski definition) is 2. The maximum atomic E-state index is 6.07. The lowest BCUT2D eigenvalue weighted by Gasteiger charge is -2.12. The minimum Gasteiger partial charge on any atom is -0.370 e. The third-order valence-electron chi connectivity index (χ3n) is 5.12. The molecule has 0 saturated heterocycles. The molecule has 1 aromatic heterocycles. The first-order valence-corrected chi connectivity index (χ1v) is 9.03. The van der Waals surface area contributed by atoms with Crippen LogP contribution in [0.1, 0.15) is 49.1 Å². The van der Waals surface area contributed by atoms with Gasteiger partial charge in [-0.15, -0.1) is 24.0 Å². The van der Waals surface area contributed by atoms with Gasteiger partial charge in [0.25, 0.3) is 0 Å². The maximum absolute atomic E-state index is 6.07. The number of nitrogens with zero attached hydrogens (tertiary/aromatic N) is 3. The first-order valence-electron chi connectivity index (χ1n) is 9.03. The minimum atomic E-state index is 0. The molecule has 0 aliphatic heterocycles. The zero-order valence-electron chi connectivity index (χ0n) is 14.4. The van der Waals surface area contributed by atoms with E-state index in [1.807, 2.05) is 6.07 Å². The predicted molar refractivity (Wildman–Crippen MR) is 112 cm³/mol. The molecule has 1 fully saturated rings. The molecule has 0 radical (unpaired) electrons. The molecular weight excluding hydrogens is 425 g/mol. The lowest BCUT2D eigenvalue weighted by Crippen LogP contribution is -2.38. The van der Waals surface area contributed by atoms with Crippen LogP contribution in [0.2, 0.25) is 0 Å². The smallest absolute Gasteiger partial charge is 0.189 e. The van der Waals surface area contributed by atoms with E-state index < -0.39 is 0 Å². The number of aromatic nitrogens is 2. The molecule has 0 spiro atoms. The van der Waals surface area contributed by atoms with Gasteiger partial charge < -0.3 is 11.1 Å². The van der Waals surface area contributed by atoms with Crippen LogP contribution in [-0.2, 0) is 19.4 Å². The molecule has 0 amide bonds. The lowest BCUT2D eigenvalue weighted by atomic mass is 10.2. The van der Waals surface area contributed by atoms with Gasteiger partial charge in [-0.1, -0.05) is 31.0 Å². The summed E-state index contributed by atoms with van der Waals surface area (Å²) in [5, 5.41) is 8.18. The van der Waals surface area contributed by atoms with Crippen molar-refractivity contribution >= 4 is 29.9 Å². The number of nitrogens with one attached hydrogen (secondary N) is 1. The number of guanidine groups is 1. The molecule has 3 N–H and O–H groups in total. The van der Waals surface area contributed by atoms with Crippen LogP contribution < -0.4 is 11.1 Å². The lowest BCUT2D eigenvalue weighted by molar-refractivity contribution is 0.624.